The number of thiazole rings is 1. The lowest BCUT2D eigenvalue weighted by Gasteiger charge is -2.20. The Morgan fingerprint density at radius 2 is 1.59 bits per heavy atom. The second-order valence-electron chi connectivity index (χ2n) is 8.14. The van der Waals surface area contributed by atoms with E-state index in [2.05, 4.69) is 17.0 Å². The second kappa shape index (κ2) is 9.42. The van der Waals surface area contributed by atoms with Gasteiger partial charge in [-0.3, -0.25) is 4.79 Å². The van der Waals surface area contributed by atoms with Crippen LogP contribution in [0.25, 0.3) is 22.8 Å². The van der Waals surface area contributed by atoms with Crippen LogP contribution in [0.2, 0.25) is 0 Å². The number of aromatic nitrogens is 4. The van der Waals surface area contributed by atoms with E-state index in [-0.39, 0.29) is 24.1 Å². The summed E-state index contributed by atoms with van der Waals surface area (Å²) in [6.45, 7) is 3.33. The van der Waals surface area contributed by atoms with Crippen LogP contribution in [0.3, 0.4) is 0 Å². The fourth-order valence-electron chi connectivity index (χ4n) is 4.03. The van der Waals surface area contributed by atoms with Crippen LogP contribution in [0.1, 0.15) is 22.5 Å². The minimum Gasteiger partial charge on any atom is -0.340 e. The average molecular weight is 480 g/mol. The molecule has 2 aromatic carbocycles. The van der Waals surface area contributed by atoms with Gasteiger partial charge in [-0.15, -0.1) is 16.4 Å². The monoisotopic (exact) mass is 479 g/mol. The molecule has 5 rings (SSSR count). The molecule has 0 unspecified atom stereocenters. The van der Waals surface area contributed by atoms with Crippen LogP contribution in [0, 0.1) is 11.6 Å². The minimum absolute atomic E-state index is 0.00217. The number of rotatable bonds is 5. The molecule has 0 saturated carbocycles. The van der Waals surface area contributed by atoms with Crippen LogP contribution in [0.15, 0.2) is 48.5 Å². The lowest BCUT2D eigenvalue weighted by molar-refractivity contribution is -0.131. The molecule has 6 nitrogen and oxygen atoms in total. The summed E-state index contributed by atoms with van der Waals surface area (Å²) in [7, 11) is 0. The molecule has 0 N–H and O–H groups in total. The third-order valence-corrected chi connectivity index (χ3v) is 7.17. The molecule has 1 aliphatic heterocycles. The van der Waals surface area contributed by atoms with Gasteiger partial charge in [-0.1, -0.05) is 6.92 Å². The second-order valence-corrected chi connectivity index (χ2v) is 9.31. The van der Waals surface area contributed by atoms with Crippen molar-refractivity contribution >= 4 is 17.2 Å². The zero-order chi connectivity index (χ0) is 23.7. The highest BCUT2D eigenvalue weighted by Crippen LogP contribution is 2.25. The van der Waals surface area contributed by atoms with E-state index < -0.39 is 0 Å². The summed E-state index contributed by atoms with van der Waals surface area (Å²) in [5, 5.41) is 5.69. The van der Waals surface area contributed by atoms with Crippen LogP contribution in [-0.4, -0.2) is 43.6 Å². The van der Waals surface area contributed by atoms with E-state index in [1.165, 1.54) is 29.1 Å². The van der Waals surface area contributed by atoms with Gasteiger partial charge in [0.05, 0.1) is 10.7 Å². The number of carbonyl (C=O) groups is 1. The first-order chi connectivity index (χ1) is 16.5. The number of amides is 1. The predicted molar refractivity (Wildman–Crippen MR) is 126 cm³/mol. The molecule has 0 atom stereocenters. The van der Waals surface area contributed by atoms with Crippen molar-refractivity contribution in [2.45, 2.75) is 32.7 Å². The van der Waals surface area contributed by atoms with E-state index in [1.54, 1.807) is 40.3 Å². The molecular formula is C25H23F2N5OS. The molecule has 4 aromatic rings. The highest BCUT2D eigenvalue weighted by atomic mass is 32.1. The lowest BCUT2D eigenvalue weighted by atomic mass is 10.2. The van der Waals surface area contributed by atoms with E-state index >= 15 is 0 Å². The first kappa shape index (κ1) is 22.3. The van der Waals surface area contributed by atoms with Crippen molar-refractivity contribution in [3.63, 3.8) is 0 Å². The molecular weight excluding hydrogens is 456 g/mol. The summed E-state index contributed by atoms with van der Waals surface area (Å²) in [4.78, 5) is 25.7. The molecule has 174 valence electrons. The Bertz CT molecular complexity index is 1290. The molecule has 3 heterocycles. The summed E-state index contributed by atoms with van der Waals surface area (Å²) in [6, 6.07) is 11.8. The smallest absolute Gasteiger partial charge is 0.244 e. The molecule has 34 heavy (non-hydrogen) atoms. The van der Waals surface area contributed by atoms with Gasteiger partial charge in [0.1, 0.15) is 18.2 Å². The van der Waals surface area contributed by atoms with Gasteiger partial charge in [0.2, 0.25) is 5.91 Å². The molecule has 2 aromatic heterocycles. The largest absolute Gasteiger partial charge is 0.340 e. The average Bonchev–Trinajstić information content (AvgIpc) is 3.38. The molecule has 0 aliphatic carbocycles. The molecule has 9 heteroatoms. The molecule has 1 aliphatic rings. The molecule has 0 fully saturated rings. The summed E-state index contributed by atoms with van der Waals surface area (Å²) in [6.07, 6.45) is 2.46. The summed E-state index contributed by atoms with van der Waals surface area (Å²) < 4.78 is 28.4. The van der Waals surface area contributed by atoms with Crippen LogP contribution < -0.4 is 0 Å². The van der Waals surface area contributed by atoms with Gasteiger partial charge in [-0.05, 0) is 55.0 Å². The maximum absolute atomic E-state index is 13.5. The van der Waals surface area contributed by atoms with Gasteiger partial charge in [0.25, 0.3) is 0 Å². The minimum atomic E-state index is -0.360. The zero-order valence-corrected chi connectivity index (χ0v) is 19.5. The Labute approximate surface area is 199 Å². The van der Waals surface area contributed by atoms with Crippen molar-refractivity contribution in [1.29, 1.82) is 0 Å². The predicted octanol–water partition coefficient (Wildman–Crippen LogP) is 4.54. The Morgan fingerprint density at radius 3 is 2.26 bits per heavy atom. The number of carbonyl (C=O) groups excluding carboxylic acids is 1. The van der Waals surface area contributed by atoms with E-state index in [1.807, 2.05) is 4.90 Å². The fraction of sp³-hybridized carbons (Fsp3) is 0.280. The molecule has 0 saturated heterocycles. The normalized spacial score (nSPS) is 13.6. The Balaban J connectivity index is 1.40. The van der Waals surface area contributed by atoms with Gasteiger partial charge < -0.3 is 4.90 Å². The van der Waals surface area contributed by atoms with Crippen molar-refractivity contribution in [1.82, 2.24) is 24.6 Å². The quantitative estimate of drug-likeness (QED) is 0.422. The number of hydrogen-bond donors (Lipinski definition) is 0. The fourth-order valence-corrected chi connectivity index (χ4v) is 5.07. The van der Waals surface area contributed by atoms with Gasteiger partial charge in [0.15, 0.2) is 11.6 Å². The first-order valence-electron chi connectivity index (χ1n) is 11.2. The zero-order valence-electron chi connectivity index (χ0n) is 18.7. The molecule has 0 spiro atoms. The molecule has 1 amide bonds. The highest BCUT2D eigenvalue weighted by Gasteiger charge is 2.23. The number of hydrogen-bond acceptors (Lipinski definition) is 5. The van der Waals surface area contributed by atoms with Crippen molar-refractivity contribution < 1.29 is 13.6 Å². The van der Waals surface area contributed by atoms with Crippen molar-refractivity contribution in [2.75, 3.05) is 13.1 Å². The lowest BCUT2D eigenvalue weighted by Crippen LogP contribution is -2.36. The van der Waals surface area contributed by atoms with Gasteiger partial charge in [-0.2, -0.15) is 0 Å². The van der Waals surface area contributed by atoms with Crippen LogP contribution >= 0.6 is 11.3 Å². The topological polar surface area (TPSA) is 63.9 Å². The van der Waals surface area contributed by atoms with E-state index in [0.717, 1.165) is 30.0 Å². The van der Waals surface area contributed by atoms with Gasteiger partial charge >= 0.3 is 0 Å². The maximum Gasteiger partial charge on any atom is 0.244 e. The number of benzene rings is 2. The number of fused-ring (bicyclic) bond motifs is 1. The molecule has 0 bridgehead atoms. The van der Waals surface area contributed by atoms with Gasteiger partial charge in [-0.25, -0.2) is 23.4 Å². The first-order valence-corrected chi connectivity index (χ1v) is 12.0. The van der Waals surface area contributed by atoms with Crippen molar-refractivity contribution in [2.24, 2.45) is 0 Å². The Hall–Kier alpha value is -3.46. The van der Waals surface area contributed by atoms with Gasteiger partial charge in [0, 0.05) is 41.9 Å². The van der Waals surface area contributed by atoms with Crippen molar-refractivity contribution in [3.8, 4) is 22.8 Å². The SMILES string of the molecule is CCc1nc2c(s1)CCN(C(=O)Cn1nc(-c3ccc(F)cc3)nc1-c1ccc(F)cc1)CC2. The highest BCUT2D eigenvalue weighted by molar-refractivity contribution is 7.11. The third-order valence-electron chi connectivity index (χ3n) is 5.87. The van der Waals surface area contributed by atoms with Crippen LogP contribution in [-0.2, 0) is 30.6 Å². The van der Waals surface area contributed by atoms with E-state index in [9.17, 15) is 13.6 Å². The Morgan fingerprint density at radius 1 is 0.941 bits per heavy atom. The summed E-state index contributed by atoms with van der Waals surface area (Å²) in [5.74, 6) is 0.0518. The number of nitrogens with zero attached hydrogens (tertiary/aromatic N) is 5. The van der Waals surface area contributed by atoms with Crippen molar-refractivity contribution in [3.05, 3.63) is 75.7 Å². The molecule has 0 radical (unpaired) electrons. The van der Waals surface area contributed by atoms with E-state index in [0.29, 0.717) is 35.9 Å². The maximum atomic E-state index is 13.5. The van der Waals surface area contributed by atoms with E-state index in [4.69, 9.17) is 4.98 Å². The Kier molecular flexibility index (Phi) is 6.19. The standard InChI is InChI=1S/C25H23F2N5OS/c1-2-22-28-20-11-13-31(14-12-21(20)34-22)23(33)15-32-25(17-5-9-19(27)10-6-17)29-24(30-32)16-3-7-18(26)8-4-16/h3-10H,2,11-15H2,1H3. The van der Waals surface area contributed by atoms with Crippen LogP contribution in [0.5, 0.6) is 0 Å². The van der Waals surface area contributed by atoms with Crippen LogP contribution in [0.4, 0.5) is 8.78 Å². The summed E-state index contributed by atoms with van der Waals surface area (Å²) in [5.41, 5.74) is 2.38. The third kappa shape index (κ3) is 4.61. The summed E-state index contributed by atoms with van der Waals surface area (Å²) >= 11 is 1.74. The number of aryl methyl sites for hydroxylation is 1. The number of halogens is 2.